The summed E-state index contributed by atoms with van der Waals surface area (Å²) in [4.78, 5) is 0. The van der Waals surface area contributed by atoms with Crippen LogP contribution in [0, 0.1) is 0 Å². The first-order valence-corrected chi connectivity index (χ1v) is 9.23. The highest BCUT2D eigenvalue weighted by Crippen LogP contribution is 2.07. The van der Waals surface area contributed by atoms with E-state index in [1.807, 2.05) is 0 Å². The van der Waals surface area contributed by atoms with Crippen molar-refractivity contribution < 1.29 is 39.8 Å². The van der Waals surface area contributed by atoms with Crippen LogP contribution in [0.15, 0.2) is 0 Å². The summed E-state index contributed by atoms with van der Waals surface area (Å²) in [7, 11) is -10.2. The molecule has 0 rings (SSSR count). The maximum atomic E-state index is 9.44. The first-order chi connectivity index (χ1) is 9.62. The van der Waals surface area contributed by atoms with E-state index in [9.17, 15) is 16.8 Å². The average molecular weight is 352 g/mol. The summed E-state index contributed by atoms with van der Waals surface area (Å²) < 4.78 is 55.6. The van der Waals surface area contributed by atoms with E-state index in [1.54, 1.807) is 0 Å². The first-order valence-electron chi connectivity index (χ1n) is 6.50. The highest BCUT2D eigenvalue weighted by atomic mass is 32.3. The van der Waals surface area contributed by atoms with E-state index in [2.05, 4.69) is 3.63 Å². The third-order valence-corrected chi connectivity index (χ3v) is 3.61. The van der Waals surface area contributed by atoms with E-state index >= 15 is 0 Å². The fourth-order valence-corrected chi connectivity index (χ4v) is 2.26. The molecule has 11 heteroatoms. The molecule has 0 aromatic heterocycles. The highest BCUT2D eigenvalue weighted by Gasteiger charge is 2.15. The van der Waals surface area contributed by atoms with E-state index in [1.165, 1.54) is 25.7 Å². The number of hydrogen-bond acceptors (Lipinski definition) is 7. The summed E-state index contributed by atoms with van der Waals surface area (Å²) in [5.41, 5.74) is 0. The Hall–Kier alpha value is -0.300. The van der Waals surface area contributed by atoms with Crippen molar-refractivity contribution in [2.45, 2.75) is 51.4 Å². The van der Waals surface area contributed by atoms with Crippen LogP contribution in [0.2, 0.25) is 0 Å². The molecule has 0 bridgehead atoms. The summed E-state index contributed by atoms with van der Waals surface area (Å²) >= 11 is 0. The number of rotatable bonds is 11. The number of hydrogen-bond donors (Lipinski definition) is 4. The van der Waals surface area contributed by atoms with Gasteiger partial charge in [0.15, 0.2) is 0 Å². The van der Waals surface area contributed by atoms with E-state index in [0.717, 1.165) is 25.7 Å². The Bertz CT molecular complexity index is 376. The third kappa shape index (κ3) is 28.6. The van der Waals surface area contributed by atoms with Crippen molar-refractivity contribution in [2.24, 2.45) is 0 Å². The topological polar surface area (TPSA) is 158 Å². The van der Waals surface area contributed by atoms with Gasteiger partial charge in [-0.05, 0) is 12.8 Å². The molecule has 0 radical (unpaired) electrons. The Morgan fingerprint density at radius 2 is 0.810 bits per heavy atom. The second-order valence-electron chi connectivity index (χ2n) is 4.20. The first kappa shape index (κ1) is 23.0. The molecule has 0 aromatic carbocycles. The molecule has 0 heterocycles. The second-order valence-corrected chi connectivity index (χ2v) is 6.45. The molecule has 0 amide bonds. The normalized spacial score (nSPS) is 11.8. The van der Waals surface area contributed by atoms with E-state index in [4.69, 9.17) is 19.3 Å². The van der Waals surface area contributed by atoms with Crippen LogP contribution in [0.5, 0.6) is 0 Å². The van der Waals surface area contributed by atoms with Crippen molar-refractivity contribution in [3.63, 3.8) is 0 Å². The van der Waals surface area contributed by atoms with Gasteiger partial charge < -0.3 is 10.2 Å². The number of aliphatic hydroxyl groups excluding tert-OH is 2. The Morgan fingerprint density at radius 1 is 0.571 bits per heavy atom. The summed E-state index contributed by atoms with van der Waals surface area (Å²) in [6.45, 7) is 0.676. The summed E-state index contributed by atoms with van der Waals surface area (Å²) in [5, 5.41) is 17.0. The van der Waals surface area contributed by atoms with Gasteiger partial charge in [-0.3, -0.25) is 9.11 Å². The molecule has 0 spiro atoms. The van der Waals surface area contributed by atoms with Gasteiger partial charge in [-0.15, -0.1) is 3.63 Å². The van der Waals surface area contributed by atoms with Crippen LogP contribution in [0.25, 0.3) is 0 Å². The molecule has 0 saturated heterocycles. The van der Waals surface area contributed by atoms with Gasteiger partial charge in [-0.1, -0.05) is 38.5 Å². The van der Waals surface area contributed by atoms with Gasteiger partial charge in [0.1, 0.15) is 0 Å². The molecule has 0 atom stereocenters. The Kier molecular flexibility index (Phi) is 14.6. The van der Waals surface area contributed by atoms with Crippen LogP contribution in [-0.4, -0.2) is 49.4 Å². The van der Waals surface area contributed by atoms with Crippen LogP contribution in [0.1, 0.15) is 51.4 Å². The predicted octanol–water partition coefficient (Wildman–Crippen LogP) is 0.700. The largest absolute Gasteiger partial charge is 0.413 e. The lowest BCUT2D eigenvalue weighted by atomic mass is 10.1. The van der Waals surface area contributed by atoms with E-state index in [-0.39, 0.29) is 0 Å². The molecule has 0 aromatic rings. The van der Waals surface area contributed by atoms with Crippen LogP contribution in [-0.2, 0) is 24.4 Å². The molecule has 9 nitrogen and oxygen atoms in total. The molecule has 0 aliphatic carbocycles. The van der Waals surface area contributed by atoms with Gasteiger partial charge in [0.05, 0.1) is 0 Å². The Balaban J connectivity index is 0. The maximum absolute atomic E-state index is 9.44. The standard InChI is InChI=1S/C10H22O2.H2O7S2/c11-9-7-5-3-1-2-4-6-8-10-12;1-8(2,3)7-9(4,5)6/h11-12H,1-10H2;(H,1,2,3)(H,4,5,6). The molecule has 0 fully saturated rings. The van der Waals surface area contributed by atoms with Gasteiger partial charge in [-0.25, -0.2) is 0 Å². The third-order valence-electron chi connectivity index (χ3n) is 2.24. The van der Waals surface area contributed by atoms with Crippen LogP contribution >= 0.6 is 0 Å². The lowest BCUT2D eigenvalue weighted by Gasteiger charge is -1.99. The smallest absolute Gasteiger partial charge is 0.396 e. The van der Waals surface area contributed by atoms with E-state index in [0.29, 0.717) is 13.2 Å². The zero-order valence-electron chi connectivity index (χ0n) is 11.7. The fourth-order valence-electron chi connectivity index (χ4n) is 1.39. The van der Waals surface area contributed by atoms with Gasteiger partial charge in [-0.2, -0.15) is 16.8 Å². The maximum Gasteiger partial charge on any atom is 0.413 e. The number of aliphatic hydroxyl groups is 2. The Morgan fingerprint density at radius 3 is 0.952 bits per heavy atom. The zero-order chi connectivity index (χ0) is 16.8. The molecule has 0 aliphatic heterocycles. The lowest BCUT2D eigenvalue weighted by Crippen LogP contribution is -2.10. The van der Waals surface area contributed by atoms with Crippen LogP contribution < -0.4 is 0 Å². The summed E-state index contributed by atoms with van der Waals surface area (Å²) in [6, 6.07) is 0. The van der Waals surface area contributed by atoms with Crippen molar-refractivity contribution in [1.82, 2.24) is 0 Å². The van der Waals surface area contributed by atoms with E-state index < -0.39 is 20.8 Å². The SMILES string of the molecule is O=S(=O)(O)OS(=O)(=O)O.OCCCCCCCCCCO. The quantitative estimate of drug-likeness (QED) is 0.310. The predicted molar refractivity (Wildman–Crippen MR) is 75.3 cm³/mol. The molecule has 130 valence electrons. The fraction of sp³-hybridized carbons (Fsp3) is 1.00. The zero-order valence-corrected chi connectivity index (χ0v) is 13.4. The van der Waals surface area contributed by atoms with Crippen molar-refractivity contribution in [3.05, 3.63) is 0 Å². The minimum Gasteiger partial charge on any atom is -0.396 e. The second kappa shape index (κ2) is 13.4. The molecular formula is C10H24O9S2. The molecule has 0 unspecified atom stereocenters. The minimum absolute atomic E-state index is 0.338. The summed E-state index contributed by atoms with van der Waals surface area (Å²) in [6.07, 6.45) is 9.30. The van der Waals surface area contributed by atoms with Gasteiger partial charge in [0.2, 0.25) is 0 Å². The lowest BCUT2D eigenvalue weighted by molar-refractivity contribution is 0.279. The van der Waals surface area contributed by atoms with Gasteiger partial charge in [0, 0.05) is 13.2 Å². The van der Waals surface area contributed by atoms with Crippen molar-refractivity contribution in [1.29, 1.82) is 0 Å². The van der Waals surface area contributed by atoms with Gasteiger partial charge >= 0.3 is 20.8 Å². The molecule has 0 aliphatic rings. The van der Waals surface area contributed by atoms with Crippen molar-refractivity contribution in [2.75, 3.05) is 13.2 Å². The number of unbranched alkanes of at least 4 members (excludes halogenated alkanes) is 7. The van der Waals surface area contributed by atoms with Crippen LogP contribution in [0.4, 0.5) is 0 Å². The monoisotopic (exact) mass is 352 g/mol. The van der Waals surface area contributed by atoms with Crippen molar-refractivity contribution in [3.8, 4) is 0 Å². The Labute approximate surface area is 125 Å². The molecule has 21 heavy (non-hydrogen) atoms. The van der Waals surface area contributed by atoms with Crippen molar-refractivity contribution >= 4 is 20.8 Å². The summed E-state index contributed by atoms with van der Waals surface area (Å²) in [5.74, 6) is 0. The average Bonchev–Trinajstić information content (AvgIpc) is 2.29. The molecule has 0 saturated carbocycles. The molecule has 4 N–H and O–H groups in total. The van der Waals surface area contributed by atoms with Gasteiger partial charge in [0.25, 0.3) is 0 Å². The highest BCUT2D eigenvalue weighted by molar-refractivity contribution is 7.94. The van der Waals surface area contributed by atoms with Crippen LogP contribution in [0.3, 0.4) is 0 Å². The minimum atomic E-state index is -5.12. The molecular weight excluding hydrogens is 328 g/mol.